The monoisotopic (exact) mass is 289 g/mol. The van der Waals surface area contributed by atoms with Crippen LogP contribution in [0.25, 0.3) is 0 Å². The van der Waals surface area contributed by atoms with E-state index < -0.39 is 6.10 Å². The molecule has 1 N–H and O–H groups in total. The van der Waals surface area contributed by atoms with Crippen molar-refractivity contribution in [1.82, 2.24) is 4.98 Å². The van der Waals surface area contributed by atoms with Gasteiger partial charge in [0, 0.05) is 17.2 Å². The van der Waals surface area contributed by atoms with E-state index in [2.05, 4.69) is 33.1 Å². The number of rotatable bonds is 4. The molecule has 2 nitrogen and oxygen atoms in total. The Hall–Kier alpha value is -1.19. The fraction of sp³-hybridized carbons (Fsp3) is 0.471. The summed E-state index contributed by atoms with van der Waals surface area (Å²) in [5.41, 5.74) is 2.21. The highest BCUT2D eigenvalue weighted by atomic mass is 32.1. The molecule has 1 heterocycles. The minimum Gasteiger partial charge on any atom is -0.388 e. The Balaban J connectivity index is 2.04. The van der Waals surface area contributed by atoms with Gasteiger partial charge in [-0.2, -0.15) is 0 Å². The zero-order valence-corrected chi connectivity index (χ0v) is 13.4. The second-order valence-corrected chi connectivity index (χ2v) is 7.36. The number of aliphatic hydroxyl groups is 1. The Bertz CT molecular complexity index is 542. The molecule has 2 unspecified atom stereocenters. The van der Waals surface area contributed by atoms with Gasteiger partial charge in [-0.05, 0) is 11.5 Å². The first-order valence-electron chi connectivity index (χ1n) is 7.06. The Morgan fingerprint density at radius 2 is 1.85 bits per heavy atom. The van der Waals surface area contributed by atoms with Crippen molar-refractivity contribution in [2.45, 2.75) is 45.6 Å². The van der Waals surface area contributed by atoms with Crippen LogP contribution in [0.1, 0.15) is 50.1 Å². The first-order chi connectivity index (χ1) is 9.38. The Labute approximate surface area is 125 Å². The van der Waals surface area contributed by atoms with Crippen molar-refractivity contribution < 1.29 is 5.11 Å². The van der Waals surface area contributed by atoms with E-state index in [0.717, 1.165) is 22.7 Å². The molecule has 1 aromatic heterocycles. The molecular weight excluding hydrogens is 266 g/mol. The number of aliphatic hydroxyl groups excluding tert-OH is 1. The van der Waals surface area contributed by atoms with Crippen molar-refractivity contribution in [3.8, 4) is 0 Å². The average molecular weight is 289 g/mol. The van der Waals surface area contributed by atoms with Gasteiger partial charge >= 0.3 is 0 Å². The van der Waals surface area contributed by atoms with Gasteiger partial charge in [0.05, 0.1) is 16.8 Å². The van der Waals surface area contributed by atoms with E-state index in [1.54, 1.807) is 11.3 Å². The predicted molar refractivity (Wildman–Crippen MR) is 85.1 cm³/mol. The first kappa shape index (κ1) is 15.2. The molecule has 0 aliphatic heterocycles. The summed E-state index contributed by atoms with van der Waals surface area (Å²) in [6.45, 7) is 8.60. The quantitative estimate of drug-likeness (QED) is 0.907. The molecule has 3 heteroatoms. The van der Waals surface area contributed by atoms with E-state index in [4.69, 9.17) is 4.98 Å². The topological polar surface area (TPSA) is 33.1 Å². The van der Waals surface area contributed by atoms with Gasteiger partial charge in [-0.1, -0.05) is 58.0 Å². The van der Waals surface area contributed by atoms with Crippen LogP contribution in [0.5, 0.6) is 0 Å². The minimum absolute atomic E-state index is 0.0933. The van der Waals surface area contributed by atoms with Gasteiger partial charge in [0.2, 0.25) is 0 Å². The third-order valence-electron chi connectivity index (χ3n) is 3.50. The summed E-state index contributed by atoms with van der Waals surface area (Å²) >= 11 is 1.70. The smallest absolute Gasteiger partial charge is 0.0932 e. The molecule has 1 aromatic carbocycles. The van der Waals surface area contributed by atoms with Crippen molar-refractivity contribution in [1.29, 1.82) is 0 Å². The molecule has 0 aliphatic rings. The second kappa shape index (κ2) is 6.06. The van der Waals surface area contributed by atoms with Crippen molar-refractivity contribution in [2.24, 2.45) is 5.92 Å². The van der Waals surface area contributed by atoms with Crippen LogP contribution in [0.2, 0.25) is 0 Å². The summed E-state index contributed by atoms with van der Waals surface area (Å²) in [6, 6.07) is 9.85. The molecule has 108 valence electrons. The molecule has 0 saturated heterocycles. The van der Waals surface area contributed by atoms with Crippen LogP contribution in [0.4, 0.5) is 0 Å². The maximum Gasteiger partial charge on any atom is 0.0932 e. The van der Waals surface area contributed by atoms with Crippen molar-refractivity contribution in [3.05, 3.63) is 52.0 Å². The molecule has 2 atom stereocenters. The third-order valence-corrected chi connectivity index (χ3v) is 4.37. The van der Waals surface area contributed by atoms with Gasteiger partial charge in [0.15, 0.2) is 0 Å². The molecule has 0 aliphatic carbocycles. The van der Waals surface area contributed by atoms with E-state index >= 15 is 0 Å². The summed E-state index contributed by atoms with van der Waals surface area (Å²) in [6.07, 6.45) is 0.384. The van der Waals surface area contributed by atoms with E-state index in [-0.39, 0.29) is 11.3 Å². The standard InChI is InChI=1S/C17H23NOS/c1-12(16(19)13-8-6-5-7-9-13)10-15-18-14(11-20-15)17(2,3)4/h5-9,11-12,16,19H,10H2,1-4H3. The molecule has 20 heavy (non-hydrogen) atoms. The number of thiazole rings is 1. The number of benzene rings is 1. The van der Waals surface area contributed by atoms with Crippen molar-refractivity contribution in [3.63, 3.8) is 0 Å². The zero-order valence-electron chi connectivity index (χ0n) is 12.6. The van der Waals surface area contributed by atoms with Crippen LogP contribution < -0.4 is 0 Å². The average Bonchev–Trinajstić information content (AvgIpc) is 2.87. The van der Waals surface area contributed by atoms with Crippen LogP contribution in [0.3, 0.4) is 0 Å². The van der Waals surface area contributed by atoms with Gasteiger partial charge in [-0.15, -0.1) is 11.3 Å². The molecule has 0 spiro atoms. The molecule has 0 bridgehead atoms. The summed E-state index contributed by atoms with van der Waals surface area (Å²) in [5, 5.41) is 13.6. The molecule has 0 fully saturated rings. The normalized spacial score (nSPS) is 15.1. The van der Waals surface area contributed by atoms with Crippen LogP contribution in [-0.2, 0) is 11.8 Å². The van der Waals surface area contributed by atoms with E-state index in [9.17, 15) is 5.11 Å². The lowest BCUT2D eigenvalue weighted by Crippen LogP contribution is -2.14. The number of aromatic nitrogens is 1. The highest BCUT2D eigenvalue weighted by molar-refractivity contribution is 7.09. The predicted octanol–water partition coefficient (Wildman–Crippen LogP) is 4.35. The van der Waals surface area contributed by atoms with E-state index in [0.29, 0.717) is 0 Å². The van der Waals surface area contributed by atoms with Gasteiger partial charge in [-0.3, -0.25) is 0 Å². The van der Waals surface area contributed by atoms with Crippen molar-refractivity contribution in [2.75, 3.05) is 0 Å². The fourth-order valence-electron chi connectivity index (χ4n) is 2.11. The minimum atomic E-state index is -0.432. The number of hydrogen-bond donors (Lipinski definition) is 1. The Morgan fingerprint density at radius 3 is 2.40 bits per heavy atom. The van der Waals surface area contributed by atoms with Gasteiger partial charge in [0.1, 0.15) is 0 Å². The highest BCUT2D eigenvalue weighted by Gasteiger charge is 2.21. The number of hydrogen-bond acceptors (Lipinski definition) is 3. The van der Waals surface area contributed by atoms with E-state index in [1.807, 2.05) is 30.3 Å². The van der Waals surface area contributed by atoms with Gasteiger partial charge < -0.3 is 5.11 Å². The Morgan fingerprint density at radius 1 is 1.20 bits per heavy atom. The highest BCUT2D eigenvalue weighted by Crippen LogP contribution is 2.28. The van der Waals surface area contributed by atoms with Crippen molar-refractivity contribution >= 4 is 11.3 Å². The summed E-state index contributed by atoms with van der Waals surface area (Å²) in [5.74, 6) is 0.163. The lowest BCUT2D eigenvalue weighted by molar-refractivity contribution is 0.117. The second-order valence-electron chi connectivity index (χ2n) is 6.41. The molecule has 0 saturated carbocycles. The maximum atomic E-state index is 10.4. The summed E-state index contributed by atoms with van der Waals surface area (Å²) in [4.78, 5) is 4.70. The third kappa shape index (κ3) is 3.68. The Kier molecular flexibility index (Phi) is 4.61. The molecule has 0 amide bonds. The summed E-state index contributed by atoms with van der Waals surface area (Å²) < 4.78 is 0. The number of nitrogens with zero attached hydrogens (tertiary/aromatic N) is 1. The van der Waals surface area contributed by atoms with Crippen LogP contribution in [-0.4, -0.2) is 10.1 Å². The largest absolute Gasteiger partial charge is 0.388 e. The molecular formula is C17H23NOS. The molecule has 2 rings (SSSR count). The first-order valence-corrected chi connectivity index (χ1v) is 7.94. The fourth-order valence-corrected chi connectivity index (χ4v) is 3.28. The van der Waals surface area contributed by atoms with Crippen LogP contribution in [0.15, 0.2) is 35.7 Å². The van der Waals surface area contributed by atoms with Crippen LogP contribution >= 0.6 is 11.3 Å². The van der Waals surface area contributed by atoms with Gasteiger partial charge in [-0.25, -0.2) is 4.98 Å². The lowest BCUT2D eigenvalue weighted by atomic mass is 9.93. The molecule has 0 radical (unpaired) electrons. The molecule has 2 aromatic rings. The zero-order chi connectivity index (χ0) is 14.8. The maximum absolute atomic E-state index is 10.4. The van der Waals surface area contributed by atoms with E-state index in [1.165, 1.54) is 0 Å². The van der Waals surface area contributed by atoms with Crippen LogP contribution in [0, 0.1) is 5.92 Å². The lowest BCUT2D eigenvalue weighted by Gasteiger charge is -2.18. The summed E-state index contributed by atoms with van der Waals surface area (Å²) in [7, 11) is 0. The SMILES string of the molecule is CC(Cc1nc(C(C)(C)C)cs1)C(O)c1ccccc1. The van der Waals surface area contributed by atoms with Gasteiger partial charge in [0.25, 0.3) is 0 Å².